The van der Waals surface area contributed by atoms with Gasteiger partial charge in [0.25, 0.3) is 0 Å². The number of para-hydroxylation sites is 1. The molecule has 1 aromatic carbocycles. The summed E-state index contributed by atoms with van der Waals surface area (Å²) in [6, 6.07) is 5.52. The first-order chi connectivity index (χ1) is 10.1. The van der Waals surface area contributed by atoms with E-state index < -0.39 is 5.97 Å². The van der Waals surface area contributed by atoms with Crippen molar-refractivity contribution in [1.29, 1.82) is 0 Å². The molecule has 1 N–H and O–H groups in total. The maximum absolute atomic E-state index is 11.4. The van der Waals surface area contributed by atoms with Gasteiger partial charge in [0.15, 0.2) is 0 Å². The standard InChI is InChI=1S/C17H20N2O2/c1-2-17(8-9-17)10-19-13-5-3-4-12(16(20)21)14(13)18-15(19)11-6-7-11/h3-5,11H,2,6-10H2,1H3,(H,20,21). The molecule has 0 atom stereocenters. The number of carboxylic acids is 1. The molecule has 0 unspecified atom stereocenters. The number of nitrogens with zero attached hydrogens (tertiary/aromatic N) is 2. The zero-order valence-electron chi connectivity index (χ0n) is 12.3. The number of hydrogen-bond donors (Lipinski definition) is 1. The first-order valence-electron chi connectivity index (χ1n) is 7.86. The maximum Gasteiger partial charge on any atom is 0.337 e. The van der Waals surface area contributed by atoms with E-state index in [1.165, 1.54) is 32.1 Å². The largest absolute Gasteiger partial charge is 0.478 e. The molecular formula is C17H20N2O2. The number of aromatic nitrogens is 2. The van der Waals surface area contributed by atoms with Crippen LogP contribution < -0.4 is 0 Å². The van der Waals surface area contributed by atoms with Crippen molar-refractivity contribution in [2.45, 2.75) is 51.5 Å². The van der Waals surface area contributed by atoms with Crippen LogP contribution >= 0.6 is 0 Å². The van der Waals surface area contributed by atoms with Gasteiger partial charge in [-0.3, -0.25) is 0 Å². The van der Waals surface area contributed by atoms with E-state index in [1.54, 1.807) is 6.07 Å². The number of imidazole rings is 1. The summed E-state index contributed by atoms with van der Waals surface area (Å²) in [5.41, 5.74) is 2.42. The molecule has 110 valence electrons. The second kappa shape index (κ2) is 4.33. The van der Waals surface area contributed by atoms with E-state index in [4.69, 9.17) is 4.98 Å². The molecule has 0 bridgehead atoms. The van der Waals surface area contributed by atoms with Crippen LogP contribution in [0.1, 0.15) is 61.1 Å². The highest BCUT2D eigenvalue weighted by molar-refractivity contribution is 6.01. The minimum Gasteiger partial charge on any atom is -0.478 e. The number of rotatable bonds is 5. The molecule has 4 nitrogen and oxygen atoms in total. The molecule has 4 heteroatoms. The highest BCUT2D eigenvalue weighted by atomic mass is 16.4. The monoisotopic (exact) mass is 284 g/mol. The third-order valence-corrected chi connectivity index (χ3v) is 5.18. The van der Waals surface area contributed by atoms with Gasteiger partial charge in [0.2, 0.25) is 0 Å². The van der Waals surface area contributed by atoms with Crippen LogP contribution in [0.5, 0.6) is 0 Å². The molecular weight excluding hydrogens is 264 g/mol. The van der Waals surface area contributed by atoms with Crippen molar-refractivity contribution >= 4 is 17.0 Å². The minimum atomic E-state index is -0.885. The second-order valence-electron chi connectivity index (χ2n) is 6.66. The third kappa shape index (κ3) is 2.04. The van der Waals surface area contributed by atoms with Crippen LogP contribution in [-0.2, 0) is 6.54 Å². The normalized spacial score (nSPS) is 19.9. The molecule has 2 aliphatic carbocycles. The zero-order chi connectivity index (χ0) is 14.6. The number of benzene rings is 1. The Labute approximate surface area is 123 Å². The molecule has 21 heavy (non-hydrogen) atoms. The Morgan fingerprint density at radius 2 is 2.19 bits per heavy atom. The van der Waals surface area contributed by atoms with Crippen molar-refractivity contribution < 1.29 is 9.90 Å². The van der Waals surface area contributed by atoms with Gasteiger partial charge < -0.3 is 9.67 Å². The van der Waals surface area contributed by atoms with E-state index in [0.717, 1.165) is 17.9 Å². The first kappa shape index (κ1) is 12.9. The molecule has 0 radical (unpaired) electrons. The van der Waals surface area contributed by atoms with E-state index in [2.05, 4.69) is 11.5 Å². The lowest BCUT2D eigenvalue weighted by atomic mass is 10.0. The van der Waals surface area contributed by atoms with Crippen molar-refractivity contribution in [1.82, 2.24) is 9.55 Å². The summed E-state index contributed by atoms with van der Waals surface area (Å²) < 4.78 is 2.32. The van der Waals surface area contributed by atoms with Crippen molar-refractivity contribution in [2.24, 2.45) is 5.41 Å². The van der Waals surface area contributed by atoms with E-state index in [-0.39, 0.29) is 0 Å². The lowest BCUT2D eigenvalue weighted by Gasteiger charge is -2.16. The van der Waals surface area contributed by atoms with Gasteiger partial charge in [0, 0.05) is 12.5 Å². The summed E-state index contributed by atoms with van der Waals surface area (Å²) >= 11 is 0. The van der Waals surface area contributed by atoms with Crippen molar-refractivity contribution in [3.63, 3.8) is 0 Å². The van der Waals surface area contributed by atoms with Gasteiger partial charge in [-0.05, 0) is 49.7 Å². The number of hydrogen-bond acceptors (Lipinski definition) is 2. The minimum absolute atomic E-state index is 0.328. The molecule has 2 fully saturated rings. The maximum atomic E-state index is 11.4. The Hall–Kier alpha value is -1.84. The SMILES string of the molecule is CCC1(Cn2c(C3CC3)nc3c(C(=O)O)cccc32)CC1. The summed E-state index contributed by atoms with van der Waals surface area (Å²) in [6.07, 6.45) is 6.13. The fraction of sp³-hybridized carbons (Fsp3) is 0.529. The van der Waals surface area contributed by atoms with Crippen LogP contribution in [0.4, 0.5) is 0 Å². The lowest BCUT2D eigenvalue weighted by Crippen LogP contribution is -2.13. The topological polar surface area (TPSA) is 55.1 Å². The first-order valence-corrected chi connectivity index (χ1v) is 7.86. The number of carbonyl (C=O) groups is 1. The van der Waals surface area contributed by atoms with Crippen molar-refractivity contribution in [2.75, 3.05) is 0 Å². The predicted molar refractivity (Wildman–Crippen MR) is 80.6 cm³/mol. The Kier molecular flexibility index (Phi) is 2.65. The summed E-state index contributed by atoms with van der Waals surface area (Å²) in [5.74, 6) is 0.759. The summed E-state index contributed by atoms with van der Waals surface area (Å²) in [7, 11) is 0. The smallest absolute Gasteiger partial charge is 0.337 e. The van der Waals surface area contributed by atoms with Crippen molar-refractivity contribution in [3.8, 4) is 0 Å². The van der Waals surface area contributed by atoms with Gasteiger partial charge in [0.1, 0.15) is 11.3 Å². The molecule has 0 amide bonds. The Morgan fingerprint density at radius 3 is 2.76 bits per heavy atom. The average Bonchev–Trinajstić information content (AvgIpc) is 3.38. The summed E-state index contributed by atoms with van der Waals surface area (Å²) in [5, 5.41) is 9.38. The zero-order valence-corrected chi connectivity index (χ0v) is 12.3. The van der Waals surface area contributed by atoms with Crippen LogP contribution in [0.15, 0.2) is 18.2 Å². The van der Waals surface area contributed by atoms with Gasteiger partial charge >= 0.3 is 5.97 Å². The number of fused-ring (bicyclic) bond motifs is 1. The number of carboxylic acid groups (broad SMARTS) is 1. The molecule has 0 aliphatic heterocycles. The highest BCUT2D eigenvalue weighted by Crippen LogP contribution is 2.51. The van der Waals surface area contributed by atoms with Gasteiger partial charge in [-0.15, -0.1) is 0 Å². The van der Waals surface area contributed by atoms with Crippen LogP contribution in [0, 0.1) is 5.41 Å². The van der Waals surface area contributed by atoms with Crippen LogP contribution in [0.25, 0.3) is 11.0 Å². The molecule has 0 saturated heterocycles. The molecule has 0 spiro atoms. The van der Waals surface area contributed by atoms with Gasteiger partial charge in [0.05, 0.1) is 11.1 Å². The lowest BCUT2D eigenvalue weighted by molar-refractivity contribution is 0.0699. The second-order valence-corrected chi connectivity index (χ2v) is 6.66. The van der Waals surface area contributed by atoms with Crippen molar-refractivity contribution in [3.05, 3.63) is 29.6 Å². The molecule has 4 rings (SSSR count). The number of aromatic carboxylic acids is 1. The molecule has 1 aromatic heterocycles. The van der Waals surface area contributed by atoms with E-state index in [9.17, 15) is 9.90 Å². The molecule has 2 saturated carbocycles. The molecule has 2 aromatic rings. The average molecular weight is 284 g/mol. The fourth-order valence-corrected chi connectivity index (χ4v) is 3.29. The molecule has 1 heterocycles. The van der Waals surface area contributed by atoms with Crippen LogP contribution in [-0.4, -0.2) is 20.6 Å². The van der Waals surface area contributed by atoms with Crippen LogP contribution in [0.3, 0.4) is 0 Å². The molecule has 2 aliphatic rings. The van der Waals surface area contributed by atoms with Crippen LogP contribution in [0.2, 0.25) is 0 Å². The Balaban J connectivity index is 1.88. The van der Waals surface area contributed by atoms with E-state index in [1.807, 2.05) is 12.1 Å². The fourth-order valence-electron chi connectivity index (χ4n) is 3.29. The van der Waals surface area contributed by atoms with Gasteiger partial charge in [-0.25, -0.2) is 9.78 Å². The van der Waals surface area contributed by atoms with E-state index in [0.29, 0.717) is 22.4 Å². The third-order valence-electron chi connectivity index (χ3n) is 5.18. The summed E-state index contributed by atoms with van der Waals surface area (Å²) in [6.45, 7) is 3.25. The Morgan fingerprint density at radius 1 is 1.43 bits per heavy atom. The highest BCUT2D eigenvalue weighted by Gasteiger charge is 2.42. The quantitative estimate of drug-likeness (QED) is 0.908. The Bertz CT molecular complexity index is 724. The van der Waals surface area contributed by atoms with E-state index >= 15 is 0 Å². The predicted octanol–water partition coefficient (Wildman–Crippen LogP) is 3.80. The van der Waals surface area contributed by atoms with Gasteiger partial charge in [-0.1, -0.05) is 13.0 Å². The van der Waals surface area contributed by atoms with Gasteiger partial charge in [-0.2, -0.15) is 0 Å². The summed E-state index contributed by atoms with van der Waals surface area (Å²) in [4.78, 5) is 16.1.